The molecule has 2 amide bonds. The first-order valence-electron chi connectivity index (χ1n) is 12.6. The van der Waals surface area contributed by atoms with Gasteiger partial charge in [0, 0.05) is 26.2 Å². The van der Waals surface area contributed by atoms with Crippen LogP contribution in [0.2, 0.25) is 0 Å². The van der Waals surface area contributed by atoms with E-state index in [1.807, 2.05) is 77.4 Å². The molecule has 1 aliphatic rings. The second kappa shape index (κ2) is 12.2. The summed E-state index contributed by atoms with van der Waals surface area (Å²) in [6.45, 7) is 7.14. The van der Waals surface area contributed by atoms with Crippen molar-refractivity contribution >= 4 is 23.3 Å². The number of carbonyl (C=O) groups excluding carboxylic acids is 2. The van der Waals surface area contributed by atoms with Crippen molar-refractivity contribution in [2.75, 3.05) is 42.9 Å². The summed E-state index contributed by atoms with van der Waals surface area (Å²) in [5.74, 6) is 0.499. The number of hydrogen-bond acceptors (Lipinski definition) is 6. The molecule has 8 heteroatoms. The molecule has 1 aromatic heterocycles. The first-order chi connectivity index (χ1) is 18.0. The van der Waals surface area contributed by atoms with Crippen molar-refractivity contribution < 1.29 is 9.59 Å². The van der Waals surface area contributed by atoms with Gasteiger partial charge in [0.2, 0.25) is 11.8 Å². The molecule has 0 saturated carbocycles. The predicted molar refractivity (Wildman–Crippen MR) is 144 cm³/mol. The Morgan fingerprint density at radius 2 is 1.81 bits per heavy atom. The maximum Gasteiger partial charge on any atom is 0.247 e. The minimum absolute atomic E-state index is 0.109. The molecule has 37 heavy (non-hydrogen) atoms. The molecule has 1 unspecified atom stereocenters. The fraction of sp³-hybridized carbons (Fsp3) is 0.310. The number of pyridine rings is 1. The molecule has 2 atom stereocenters. The minimum Gasteiger partial charge on any atom is -0.359 e. The summed E-state index contributed by atoms with van der Waals surface area (Å²) in [5.41, 5.74) is 3.43. The van der Waals surface area contributed by atoms with Crippen LogP contribution >= 0.6 is 0 Å². The number of aromatic nitrogens is 1. The number of nitrogens with zero attached hydrogens (tertiary/aromatic N) is 4. The lowest BCUT2D eigenvalue weighted by molar-refractivity contribution is -0.130. The van der Waals surface area contributed by atoms with E-state index < -0.39 is 6.04 Å². The summed E-state index contributed by atoms with van der Waals surface area (Å²) in [4.78, 5) is 33.9. The summed E-state index contributed by atoms with van der Waals surface area (Å²) in [6.07, 6.45) is 1.70. The van der Waals surface area contributed by atoms with Crippen LogP contribution in [0.3, 0.4) is 0 Å². The third-order valence-electron chi connectivity index (χ3n) is 6.70. The molecule has 0 spiro atoms. The zero-order chi connectivity index (χ0) is 26.2. The number of hydrogen-bond donors (Lipinski definition) is 2. The monoisotopic (exact) mass is 496 g/mol. The van der Waals surface area contributed by atoms with Gasteiger partial charge in [0.25, 0.3) is 0 Å². The number of likely N-dealkylation sites (N-methyl/N-ethyl adjacent to an activating group) is 1. The second-order valence-corrected chi connectivity index (χ2v) is 9.17. The first-order valence-corrected chi connectivity index (χ1v) is 12.6. The standard InChI is InChI=1S/C29H32N6O2/c1-3-34-15-16-35(20-27(34)36)25-13-14-26(31-19-25)33-29(37)28(24-7-5-4-6-8-24)32-18-21(2)23-11-9-22(17-30)10-12-23/h4-14,19,21,28,32H,3,15-16,18,20H2,1-2H3,(H,31,33,37)/t21?,28-/m0/s1. The summed E-state index contributed by atoms with van der Waals surface area (Å²) >= 11 is 0. The number of nitrogens with one attached hydrogen (secondary N) is 2. The van der Waals surface area contributed by atoms with Crippen molar-refractivity contribution in [1.82, 2.24) is 15.2 Å². The highest BCUT2D eigenvalue weighted by molar-refractivity contribution is 5.95. The molecule has 190 valence electrons. The van der Waals surface area contributed by atoms with Gasteiger partial charge in [-0.25, -0.2) is 4.98 Å². The van der Waals surface area contributed by atoms with E-state index in [-0.39, 0.29) is 17.7 Å². The van der Waals surface area contributed by atoms with Crippen LogP contribution in [0.4, 0.5) is 11.5 Å². The van der Waals surface area contributed by atoms with E-state index in [4.69, 9.17) is 5.26 Å². The molecule has 1 saturated heterocycles. The number of amides is 2. The fourth-order valence-electron chi connectivity index (χ4n) is 4.41. The quantitative estimate of drug-likeness (QED) is 0.469. The molecule has 4 rings (SSSR count). The van der Waals surface area contributed by atoms with Crippen molar-refractivity contribution in [1.29, 1.82) is 5.26 Å². The Morgan fingerprint density at radius 1 is 1.05 bits per heavy atom. The van der Waals surface area contributed by atoms with Gasteiger partial charge in [0.1, 0.15) is 11.9 Å². The highest BCUT2D eigenvalue weighted by atomic mass is 16.2. The number of benzene rings is 2. The minimum atomic E-state index is -0.566. The Hall–Kier alpha value is -4.22. The fourth-order valence-corrected chi connectivity index (χ4v) is 4.41. The van der Waals surface area contributed by atoms with E-state index >= 15 is 0 Å². The number of nitriles is 1. The number of piperazine rings is 1. The van der Waals surface area contributed by atoms with Crippen molar-refractivity contribution in [2.45, 2.75) is 25.8 Å². The van der Waals surface area contributed by atoms with Gasteiger partial charge in [0.15, 0.2) is 0 Å². The van der Waals surface area contributed by atoms with Gasteiger partial charge in [-0.2, -0.15) is 5.26 Å². The third kappa shape index (κ3) is 6.51. The molecular formula is C29H32N6O2. The van der Waals surface area contributed by atoms with E-state index in [1.54, 1.807) is 12.3 Å². The Balaban J connectivity index is 1.41. The molecule has 1 fully saturated rings. The van der Waals surface area contributed by atoms with Gasteiger partial charge >= 0.3 is 0 Å². The smallest absolute Gasteiger partial charge is 0.247 e. The summed E-state index contributed by atoms with van der Waals surface area (Å²) in [5, 5.41) is 15.4. The van der Waals surface area contributed by atoms with E-state index in [1.165, 1.54) is 0 Å². The van der Waals surface area contributed by atoms with Crippen molar-refractivity contribution in [2.24, 2.45) is 0 Å². The third-order valence-corrected chi connectivity index (χ3v) is 6.70. The van der Waals surface area contributed by atoms with Gasteiger partial charge in [-0.05, 0) is 48.2 Å². The molecule has 0 radical (unpaired) electrons. The highest BCUT2D eigenvalue weighted by Gasteiger charge is 2.24. The van der Waals surface area contributed by atoms with Gasteiger partial charge < -0.3 is 20.4 Å². The van der Waals surface area contributed by atoms with E-state index in [0.29, 0.717) is 31.0 Å². The number of carbonyl (C=O) groups is 2. The Kier molecular flexibility index (Phi) is 8.49. The van der Waals surface area contributed by atoms with Crippen molar-refractivity contribution in [3.63, 3.8) is 0 Å². The van der Waals surface area contributed by atoms with Gasteiger partial charge in [0.05, 0.1) is 30.1 Å². The lowest BCUT2D eigenvalue weighted by Crippen LogP contribution is -2.50. The largest absolute Gasteiger partial charge is 0.359 e. The van der Waals surface area contributed by atoms with Crippen LogP contribution in [0.15, 0.2) is 72.9 Å². The second-order valence-electron chi connectivity index (χ2n) is 9.17. The molecule has 1 aliphatic heterocycles. The van der Waals surface area contributed by atoms with Crippen LogP contribution < -0.4 is 15.5 Å². The zero-order valence-corrected chi connectivity index (χ0v) is 21.2. The predicted octanol–water partition coefficient (Wildman–Crippen LogP) is 3.69. The van der Waals surface area contributed by atoms with E-state index in [9.17, 15) is 9.59 Å². The lowest BCUT2D eigenvalue weighted by Gasteiger charge is -2.34. The van der Waals surface area contributed by atoms with Crippen LogP contribution in [0.25, 0.3) is 0 Å². The summed E-state index contributed by atoms with van der Waals surface area (Å²) in [6, 6.07) is 22.3. The van der Waals surface area contributed by atoms with Crippen LogP contribution in [0, 0.1) is 11.3 Å². The normalized spacial score (nSPS) is 15.1. The van der Waals surface area contributed by atoms with Gasteiger partial charge in [-0.1, -0.05) is 49.4 Å². The van der Waals surface area contributed by atoms with Gasteiger partial charge in [-0.3, -0.25) is 9.59 Å². The van der Waals surface area contributed by atoms with Crippen molar-refractivity contribution in [3.8, 4) is 6.07 Å². The summed E-state index contributed by atoms with van der Waals surface area (Å²) in [7, 11) is 0. The Morgan fingerprint density at radius 3 is 2.43 bits per heavy atom. The first kappa shape index (κ1) is 25.9. The zero-order valence-electron chi connectivity index (χ0n) is 21.2. The topological polar surface area (TPSA) is 101 Å². The molecule has 2 N–H and O–H groups in total. The van der Waals surface area contributed by atoms with Crippen LogP contribution in [-0.2, 0) is 9.59 Å². The van der Waals surface area contributed by atoms with Crippen LogP contribution in [-0.4, -0.2) is 54.4 Å². The average molecular weight is 497 g/mol. The van der Waals surface area contributed by atoms with E-state index in [2.05, 4.69) is 28.6 Å². The molecule has 3 aromatic rings. The average Bonchev–Trinajstić information content (AvgIpc) is 2.94. The molecule has 0 bridgehead atoms. The van der Waals surface area contributed by atoms with Gasteiger partial charge in [-0.15, -0.1) is 0 Å². The van der Waals surface area contributed by atoms with Crippen molar-refractivity contribution in [3.05, 3.63) is 89.6 Å². The van der Waals surface area contributed by atoms with Crippen LogP contribution in [0.5, 0.6) is 0 Å². The number of anilines is 2. The SMILES string of the molecule is CCN1CCN(c2ccc(NC(=O)[C@@H](NCC(C)c3ccc(C#N)cc3)c3ccccc3)nc2)CC1=O. The molecule has 0 aliphatic carbocycles. The maximum atomic E-state index is 13.3. The van der Waals surface area contributed by atoms with E-state index in [0.717, 1.165) is 29.9 Å². The lowest BCUT2D eigenvalue weighted by atomic mass is 9.98. The molecular weight excluding hydrogens is 464 g/mol. The Labute approximate surface area is 217 Å². The molecule has 8 nitrogen and oxygen atoms in total. The number of rotatable bonds is 9. The molecule has 2 aromatic carbocycles. The summed E-state index contributed by atoms with van der Waals surface area (Å²) < 4.78 is 0. The van der Waals surface area contributed by atoms with Crippen LogP contribution in [0.1, 0.15) is 42.5 Å². The maximum absolute atomic E-state index is 13.3. The molecule has 2 heterocycles. The highest BCUT2D eigenvalue weighted by Crippen LogP contribution is 2.21. The Bertz CT molecular complexity index is 1240.